The first-order valence-electron chi connectivity index (χ1n) is 11.1. The molecule has 1 saturated carbocycles. The van der Waals surface area contributed by atoms with Crippen LogP contribution in [0.4, 0.5) is 5.82 Å². The molecule has 2 heterocycles. The molecule has 1 fully saturated rings. The third-order valence-electron chi connectivity index (χ3n) is 6.04. The lowest BCUT2D eigenvalue weighted by molar-refractivity contribution is 0.0930. The summed E-state index contributed by atoms with van der Waals surface area (Å²) in [5, 5.41) is 7.73. The van der Waals surface area contributed by atoms with Gasteiger partial charge in [0.2, 0.25) is 0 Å². The third-order valence-corrected chi connectivity index (χ3v) is 6.04. The summed E-state index contributed by atoms with van der Waals surface area (Å²) in [4.78, 5) is 22.8. The molecule has 4 aromatic rings. The molecule has 3 N–H and O–H groups in total. The summed E-state index contributed by atoms with van der Waals surface area (Å²) in [7, 11) is 0. The molecular weight excluding hydrogens is 400 g/mol. The summed E-state index contributed by atoms with van der Waals surface area (Å²) < 4.78 is 1.52. The highest BCUT2D eigenvalue weighted by molar-refractivity contribution is 6.10. The minimum atomic E-state index is -0.215. The molecule has 7 nitrogen and oxygen atoms in total. The van der Waals surface area contributed by atoms with Crippen LogP contribution in [-0.2, 0) is 0 Å². The quantitative estimate of drug-likeness (QED) is 0.472. The third kappa shape index (κ3) is 3.82. The number of aryl methyl sites for hydroxylation is 1. The van der Waals surface area contributed by atoms with Gasteiger partial charge in [-0.3, -0.25) is 4.79 Å². The number of nitrogens with one attached hydrogen (secondary N) is 1. The summed E-state index contributed by atoms with van der Waals surface area (Å²) in [5.41, 5.74) is 11.3. The standard InChI is InChI=1S/C25H26N6O/c1-16-11-13-17(14-12-16)15-27-31-23(26)21(25(32)28-18-7-3-2-4-8-18)22-24(31)30-20-10-6-5-9-19(20)29-22/h5-6,9-15,18H,2-4,7-8,26H2,1H3,(H,28,32)/b27-15-. The molecule has 0 unspecified atom stereocenters. The van der Waals surface area contributed by atoms with Crippen molar-refractivity contribution in [2.24, 2.45) is 5.10 Å². The van der Waals surface area contributed by atoms with Crippen molar-refractivity contribution in [3.05, 3.63) is 65.2 Å². The maximum atomic E-state index is 13.3. The van der Waals surface area contributed by atoms with Crippen LogP contribution in [0.15, 0.2) is 53.6 Å². The van der Waals surface area contributed by atoms with E-state index in [1.54, 1.807) is 6.21 Å². The first kappa shape index (κ1) is 20.2. The Morgan fingerprint density at radius 1 is 1.06 bits per heavy atom. The molecule has 7 heteroatoms. The lowest BCUT2D eigenvalue weighted by Crippen LogP contribution is -2.36. The SMILES string of the molecule is Cc1ccc(/C=N\n2c(N)c(C(=O)NC3CCCCC3)c3nc4ccccc4nc32)cc1. The fourth-order valence-electron chi connectivity index (χ4n) is 4.27. The predicted molar refractivity (Wildman–Crippen MR) is 128 cm³/mol. The number of anilines is 1. The van der Waals surface area contributed by atoms with Crippen molar-refractivity contribution >= 4 is 40.1 Å². The average molecular weight is 427 g/mol. The highest BCUT2D eigenvalue weighted by atomic mass is 16.1. The fourth-order valence-corrected chi connectivity index (χ4v) is 4.27. The summed E-state index contributed by atoms with van der Waals surface area (Å²) in [6.45, 7) is 2.04. The Hall–Kier alpha value is -3.74. The molecule has 0 aliphatic heterocycles. The Kier molecular flexibility index (Phi) is 5.31. The molecule has 0 saturated heterocycles. The lowest BCUT2D eigenvalue weighted by atomic mass is 9.95. The number of hydrogen-bond donors (Lipinski definition) is 2. The number of fused-ring (bicyclic) bond motifs is 2. The van der Waals surface area contributed by atoms with Gasteiger partial charge in [0.1, 0.15) is 16.9 Å². The van der Waals surface area contributed by atoms with Gasteiger partial charge in [-0.05, 0) is 37.5 Å². The van der Waals surface area contributed by atoms with Crippen LogP contribution in [0.5, 0.6) is 0 Å². The molecule has 1 aliphatic rings. The van der Waals surface area contributed by atoms with Crippen LogP contribution in [0.25, 0.3) is 22.2 Å². The van der Waals surface area contributed by atoms with E-state index in [2.05, 4.69) is 10.4 Å². The Morgan fingerprint density at radius 3 is 2.47 bits per heavy atom. The zero-order valence-electron chi connectivity index (χ0n) is 18.1. The van der Waals surface area contributed by atoms with Gasteiger partial charge in [-0.15, -0.1) is 0 Å². The van der Waals surface area contributed by atoms with E-state index in [-0.39, 0.29) is 17.8 Å². The lowest BCUT2D eigenvalue weighted by Gasteiger charge is -2.22. The smallest absolute Gasteiger partial charge is 0.257 e. The van der Waals surface area contributed by atoms with Gasteiger partial charge in [-0.1, -0.05) is 61.2 Å². The number of aromatic nitrogens is 3. The maximum absolute atomic E-state index is 13.3. The molecule has 5 rings (SSSR count). The second-order valence-electron chi connectivity index (χ2n) is 8.42. The number of nitrogen functional groups attached to an aromatic ring is 1. The van der Waals surface area contributed by atoms with E-state index in [0.29, 0.717) is 22.2 Å². The van der Waals surface area contributed by atoms with E-state index < -0.39 is 0 Å². The first-order valence-corrected chi connectivity index (χ1v) is 11.1. The zero-order chi connectivity index (χ0) is 22.1. The van der Waals surface area contributed by atoms with Crippen LogP contribution in [0.3, 0.4) is 0 Å². The number of para-hydroxylation sites is 2. The van der Waals surface area contributed by atoms with Crippen LogP contribution in [0, 0.1) is 6.92 Å². The minimum Gasteiger partial charge on any atom is -0.383 e. The molecule has 1 aliphatic carbocycles. The molecule has 0 radical (unpaired) electrons. The largest absolute Gasteiger partial charge is 0.383 e. The van der Waals surface area contributed by atoms with Crippen molar-refractivity contribution in [1.29, 1.82) is 0 Å². The van der Waals surface area contributed by atoms with Gasteiger partial charge in [0.15, 0.2) is 5.65 Å². The number of rotatable bonds is 4. The Morgan fingerprint density at radius 2 is 1.75 bits per heavy atom. The van der Waals surface area contributed by atoms with Gasteiger partial charge in [-0.2, -0.15) is 9.78 Å². The predicted octanol–water partition coefficient (Wildman–Crippen LogP) is 4.42. The second kappa shape index (κ2) is 8.42. The molecule has 162 valence electrons. The van der Waals surface area contributed by atoms with Crippen molar-refractivity contribution in [1.82, 2.24) is 20.0 Å². The molecule has 0 atom stereocenters. The number of nitrogens with two attached hydrogens (primary N) is 1. The van der Waals surface area contributed by atoms with Gasteiger partial charge in [0.25, 0.3) is 5.91 Å². The van der Waals surface area contributed by atoms with Gasteiger partial charge in [0.05, 0.1) is 17.2 Å². The van der Waals surface area contributed by atoms with Gasteiger partial charge in [0, 0.05) is 6.04 Å². The van der Waals surface area contributed by atoms with Crippen LogP contribution >= 0.6 is 0 Å². The van der Waals surface area contributed by atoms with E-state index in [9.17, 15) is 4.79 Å². The number of hydrogen-bond acceptors (Lipinski definition) is 5. The van der Waals surface area contributed by atoms with Crippen LogP contribution in [0.1, 0.15) is 53.6 Å². The summed E-state index contributed by atoms with van der Waals surface area (Å²) in [5.74, 6) is 0.0280. The van der Waals surface area contributed by atoms with E-state index in [0.717, 1.165) is 36.8 Å². The van der Waals surface area contributed by atoms with Gasteiger partial charge in [-0.25, -0.2) is 9.97 Å². The van der Waals surface area contributed by atoms with E-state index in [1.165, 1.54) is 16.7 Å². The summed E-state index contributed by atoms with van der Waals surface area (Å²) in [6, 6.07) is 15.8. The number of benzene rings is 2. The topological polar surface area (TPSA) is 98.2 Å². The van der Waals surface area contributed by atoms with Crippen molar-refractivity contribution in [2.75, 3.05) is 5.73 Å². The Bertz CT molecular complexity index is 1320. The van der Waals surface area contributed by atoms with Crippen LogP contribution < -0.4 is 11.1 Å². The summed E-state index contributed by atoms with van der Waals surface area (Å²) >= 11 is 0. The summed E-state index contributed by atoms with van der Waals surface area (Å²) in [6.07, 6.45) is 7.18. The second-order valence-corrected chi connectivity index (χ2v) is 8.42. The number of carbonyl (C=O) groups excluding carboxylic acids is 1. The highest BCUT2D eigenvalue weighted by Crippen LogP contribution is 2.28. The molecule has 32 heavy (non-hydrogen) atoms. The van der Waals surface area contributed by atoms with Gasteiger partial charge >= 0.3 is 0 Å². The number of nitrogens with zero attached hydrogens (tertiary/aromatic N) is 4. The zero-order valence-corrected chi connectivity index (χ0v) is 18.1. The Labute approximate surface area is 186 Å². The molecule has 1 amide bonds. The highest BCUT2D eigenvalue weighted by Gasteiger charge is 2.26. The first-order chi connectivity index (χ1) is 15.6. The van der Waals surface area contributed by atoms with E-state index >= 15 is 0 Å². The molecule has 0 spiro atoms. The molecule has 2 aromatic carbocycles. The van der Waals surface area contributed by atoms with E-state index in [1.807, 2.05) is 55.5 Å². The van der Waals surface area contributed by atoms with Crippen LogP contribution in [-0.4, -0.2) is 32.8 Å². The molecule has 2 aromatic heterocycles. The van der Waals surface area contributed by atoms with Crippen molar-refractivity contribution in [3.8, 4) is 0 Å². The van der Waals surface area contributed by atoms with Crippen molar-refractivity contribution < 1.29 is 4.79 Å². The number of amides is 1. The van der Waals surface area contributed by atoms with E-state index in [4.69, 9.17) is 15.7 Å². The average Bonchev–Trinajstić information content (AvgIpc) is 3.08. The molecular formula is C25H26N6O. The normalized spacial score (nSPS) is 15.0. The fraction of sp³-hybridized carbons (Fsp3) is 0.280. The maximum Gasteiger partial charge on any atom is 0.257 e. The monoisotopic (exact) mass is 426 g/mol. The van der Waals surface area contributed by atoms with Crippen LogP contribution in [0.2, 0.25) is 0 Å². The Balaban J connectivity index is 1.61. The van der Waals surface area contributed by atoms with Gasteiger partial charge < -0.3 is 11.1 Å². The van der Waals surface area contributed by atoms with Crippen molar-refractivity contribution in [2.45, 2.75) is 45.1 Å². The molecule has 0 bridgehead atoms. The number of carbonyl (C=O) groups is 1. The minimum absolute atomic E-state index is 0.165. The van der Waals surface area contributed by atoms with Crippen molar-refractivity contribution in [3.63, 3.8) is 0 Å².